The van der Waals surface area contributed by atoms with Gasteiger partial charge in [0.2, 0.25) is 5.91 Å². The summed E-state index contributed by atoms with van der Waals surface area (Å²) in [6.45, 7) is -0.0567. The van der Waals surface area contributed by atoms with Gasteiger partial charge < -0.3 is 15.5 Å². The highest BCUT2D eigenvalue weighted by molar-refractivity contribution is 5.85. The van der Waals surface area contributed by atoms with Crippen molar-refractivity contribution in [2.75, 3.05) is 6.61 Å². The molecule has 0 unspecified atom stereocenters. The normalized spacial score (nSPS) is 24.3. The first-order valence-electron chi connectivity index (χ1n) is 6.67. The number of nitrogens with one attached hydrogen (secondary N) is 1. The van der Waals surface area contributed by atoms with E-state index in [1.807, 2.05) is 0 Å². The molecule has 5 nitrogen and oxygen atoms in total. The number of hydrogen-bond donors (Lipinski definition) is 3. The number of aliphatic carboxylic acids is 1. The van der Waals surface area contributed by atoms with E-state index in [1.165, 1.54) is 0 Å². The smallest absolute Gasteiger partial charge is 0.310 e. The molecule has 2 rings (SSSR count). The molecule has 0 aliphatic heterocycles. The van der Waals surface area contributed by atoms with E-state index in [9.17, 15) is 19.8 Å². The highest BCUT2D eigenvalue weighted by atomic mass is 16.4. The first kappa shape index (κ1) is 13.3. The van der Waals surface area contributed by atoms with Gasteiger partial charge in [-0.15, -0.1) is 0 Å². The van der Waals surface area contributed by atoms with Gasteiger partial charge in [-0.25, -0.2) is 0 Å². The number of aliphatic hydroxyl groups is 1. The first-order chi connectivity index (χ1) is 8.52. The van der Waals surface area contributed by atoms with Gasteiger partial charge in [0, 0.05) is 6.42 Å². The van der Waals surface area contributed by atoms with Gasteiger partial charge in [0.05, 0.1) is 17.6 Å². The molecule has 2 fully saturated rings. The molecule has 1 amide bonds. The lowest BCUT2D eigenvalue weighted by Crippen LogP contribution is -2.57. The molecule has 102 valence electrons. The van der Waals surface area contributed by atoms with E-state index in [-0.39, 0.29) is 18.9 Å². The lowest BCUT2D eigenvalue weighted by Gasteiger charge is -2.41. The van der Waals surface area contributed by atoms with E-state index < -0.39 is 16.9 Å². The van der Waals surface area contributed by atoms with Crippen molar-refractivity contribution in [2.24, 2.45) is 5.41 Å². The van der Waals surface area contributed by atoms with Crippen molar-refractivity contribution >= 4 is 11.9 Å². The SMILES string of the molecule is O=C(CC1(C(=O)O)CCCC1)NC1(CO)CCC1. The van der Waals surface area contributed by atoms with Gasteiger partial charge in [0.15, 0.2) is 0 Å². The Kier molecular flexibility index (Phi) is 3.61. The summed E-state index contributed by atoms with van der Waals surface area (Å²) < 4.78 is 0. The molecule has 0 spiro atoms. The summed E-state index contributed by atoms with van der Waals surface area (Å²) in [6, 6.07) is 0. The van der Waals surface area contributed by atoms with Crippen LogP contribution >= 0.6 is 0 Å². The van der Waals surface area contributed by atoms with Crippen LogP contribution in [0.4, 0.5) is 0 Å². The summed E-state index contributed by atoms with van der Waals surface area (Å²) in [6.07, 6.45) is 5.55. The van der Waals surface area contributed by atoms with Crippen LogP contribution in [-0.4, -0.2) is 34.2 Å². The second-order valence-electron chi connectivity index (χ2n) is 5.81. The van der Waals surface area contributed by atoms with E-state index in [4.69, 9.17) is 0 Å². The van der Waals surface area contributed by atoms with Crippen molar-refractivity contribution in [3.63, 3.8) is 0 Å². The van der Waals surface area contributed by atoms with Crippen LogP contribution in [0.2, 0.25) is 0 Å². The highest BCUT2D eigenvalue weighted by Crippen LogP contribution is 2.42. The third kappa shape index (κ3) is 2.36. The fraction of sp³-hybridized carbons (Fsp3) is 0.846. The summed E-state index contributed by atoms with van der Waals surface area (Å²) in [4.78, 5) is 23.3. The Morgan fingerprint density at radius 1 is 1.06 bits per heavy atom. The minimum atomic E-state index is -0.871. The van der Waals surface area contributed by atoms with Crippen molar-refractivity contribution in [3.05, 3.63) is 0 Å². The number of amides is 1. The van der Waals surface area contributed by atoms with Crippen LogP contribution in [0.25, 0.3) is 0 Å². The first-order valence-corrected chi connectivity index (χ1v) is 6.67. The number of carboxylic acids is 1. The summed E-state index contributed by atoms with van der Waals surface area (Å²) >= 11 is 0. The Balaban J connectivity index is 1.95. The lowest BCUT2D eigenvalue weighted by atomic mass is 9.76. The Labute approximate surface area is 107 Å². The van der Waals surface area contributed by atoms with Gasteiger partial charge in [-0.2, -0.15) is 0 Å². The second-order valence-corrected chi connectivity index (χ2v) is 5.81. The fourth-order valence-corrected chi connectivity index (χ4v) is 3.09. The predicted octanol–water partition coefficient (Wildman–Crippen LogP) is 1.05. The lowest BCUT2D eigenvalue weighted by molar-refractivity contribution is -0.152. The monoisotopic (exact) mass is 255 g/mol. The molecule has 3 N–H and O–H groups in total. The molecular weight excluding hydrogens is 234 g/mol. The molecule has 0 heterocycles. The van der Waals surface area contributed by atoms with Gasteiger partial charge >= 0.3 is 5.97 Å². The van der Waals surface area contributed by atoms with Gasteiger partial charge in [-0.05, 0) is 32.1 Å². The molecule has 0 aromatic carbocycles. The molecule has 5 heteroatoms. The van der Waals surface area contributed by atoms with Gasteiger partial charge in [-0.1, -0.05) is 12.8 Å². The van der Waals surface area contributed by atoms with E-state index in [0.717, 1.165) is 32.1 Å². The predicted molar refractivity (Wildman–Crippen MR) is 65.0 cm³/mol. The molecular formula is C13H21NO4. The molecule has 2 saturated carbocycles. The van der Waals surface area contributed by atoms with Crippen molar-refractivity contribution in [1.82, 2.24) is 5.32 Å². The van der Waals surface area contributed by atoms with E-state index >= 15 is 0 Å². The van der Waals surface area contributed by atoms with E-state index in [0.29, 0.717) is 12.8 Å². The number of rotatable bonds is 5. The number of carbonyl (C=O) groups is 2. The topological polar surface area (TPSA) is 86.6 Å². The highest BCUT2D eigenvalue weighted by Gasteiger charge is 2.45. The molecule has 0 radical (unpaired) electrons. The largest absolute Gasteiger partial charge is 0.481 e. The van der Waals surface area contributed by atoms with Crippen LogP contribution in [0.3, 0.4) is 0 Å². The molecule has 0 bridgehead atoms. The minimum absolute atomic E-state index is 0.0457. The molecule has 2 aliphatic carbocycles. The third-order valence-electron chi connectivity index (χ3n) is 4.53. The van der Waals surface area contributed by atoms with Crippen LogP contribution in [0.15, 0.2) is 0 Å². The average molecular weight is 255 g/mol. The van der Waals surface area contributed by atoms with E-state index in [2.05, 4.69) is 5.32 Å². The number of carboxylic acid groups (broad SMARTS) is 1. The molecule has 0 aromatic rings. The van der Waals surface area contributed by atoms with Crippen molar-refractivity contribution < 1.29 is 19.8 Å². The molecule has 0 saturated heterocycles. The molecule has 2 aliphatic rings. The van der Waals surface area contributed by atoms with Crippen molar-refractivity contribution in [1.29, 1.82) is 0 Å². The van der Waals surface area contributed by atoms with Crippen molar-refractivity contribution in [3.8, 4) is 0 Å². The zero-order valence-corrected chi connectivity index (χ0v) is 10.6. The number of hydrogen-bond acceptors (Lipinski definition) is 3. The Morgan fingerprint density at radius 2 is 1.67 bits per heavy atom. The quantitative estimate of drug-likeness (QED) is 0.685. The number of carbonyl (C=O) groups excluding carboxylic acids is 1. The summed E-state index contributed by atoms with van der Waals surface area (Å²) in [5.41, 5.74) is -1.35. The van der Waals surface area contributed by atoms with Crippen LogP contribution in [0.5, 0.6) is 0 Å². The zero-order valence-electron chi connectivity index (χ0n) is 10.6. The van der Waals surface area contributed by atoms with E-state index in [1.54, 1.807) is 0 Å². The minimum Gasteiger partial charge on any atom is -0.481 e. The molecule has 18 heavy (non-hydrogen) atoms. The van der Waals surface area contributed by atoms with Crippen molar-refractivity contribution in [2.45, 2.75) is 56.9 Å². The van der Waals surface area contributed by atoms with Crippen LogP contribution in [0.1, 0.15) is 51.4 Å². The standard InChI is InChI=1S/C13H21NO4/c15-9-13(6-3-7-13)14-10(16)8-12(11(17)18)4-1-2-5-12/h15H,1-9H2,(H,14,16)(H,17,18). The Bertz CT molecular complexity index is 337. The Hall–Kier alpha value is -1.10. The maximum Gasteiger partial charge on any atom is 0.310 e. The maximum atomic E-state index is 12.0. The van der Waals surface area contributed by atoms with Crippen LogP contribution in [-0.2, 0) is 9.59 Å². The Morgan fingerprint density at radius 3 is 2.06 bits per heavy atom. The van der Waals surface area contributed by atoms with Crippen LogP contribution in [0, 0.1) is 5.41 Å². The molecule has 0 atom stereocenters. The van der Waals surface area contributed by atoms with Gasteiger partial charge in [-0.3, -0.25) is 9.59 Å². The van der Waals surface area contributed by atoms with Gasteiger partial charge in [0.25, 0.3) is 0 Å². The summed E-state index contributed by atoms with van der Waals surface area (Å²) in [5, 5.41) is 21.4. The average Bonchev–Trinajstić information content (AvgIpc) is 2.73. The maximum absolute atomic E-state index is 12.0. The molecule has 0 aromatic heterocycles. The number of aliphatic hydroxyl groups excluding tert-OH is 1. The summed E-state index contributed by atoms with van der Waals surface area (Å²) in [5.74, 6) is -1.09. The zero-order chi connectivity index (χ0) is 13.2. The second kappa shape index (κ2) is 4.88. The summed E-state index contributed by atoms with van der Waals surface area (Å²) in [7, 11) is 0. The van der Waals surface area contributed by atoms with Gasteiger partial charge in [0.1, 0.15) is 0 Å². The van der Waals surface area contributed by atoms with Crippen LogP contribution < -0.4 is 5.32 Å². The fourth-order valence-electron chi connectivity index (χ4n) is 3.09. The third-order valence-corrected chi connectivity index (χ3v) is 4.53.